The first-order valence-electron chi connectivity index (χ1n) is 14.4. The fourth-order valence-corrected chi connectivity index (χ4v) is 6.56. The van der Waals surface area contributed by atoms with Gasteiger partial charge in [-0.2, -0.15) is 0 Å². The van der Waals surface area contributed by atoms with Crippen LogP contribution in [0.1, 0.15) is 37.9 Å². The van der Waals surface area contributed by atoms with Crippen molar-refractivity contribution in [2.24, 2.45) is 21.3 Å². The Morgan fingerprint density at radius 2 is 1.81 bits per heavy atom. The topological polar surface area (TPSA) is 100 Å². The van der Waals surface area contributed by atoms with Gasteiger partial charge in [0.25, 0.3) is 0 Å². The molecule has 0 radical (unpaired) electrons. The van der Waals surface area contributed by atoms with Crippen molar-refractivity contribution >= 4 is 29.4 Å². The first-order chi connectivity index (χ1) is 20.2. The molecule has 4 aliphatic heterocycles. The van der Waals surface area contributed by atoms with Crippen molar-refractivity contribution in [3.05, 3.63) is 113 Å². The Balaban J connectivity index is 1.36. The number of aromatic nitrogens is 4. The maximum Gasteiger partial charge on any atom is 0.173 e. The zero-order valence-electron chi connectivity index (χ0n) is 23.8. The van der Waals surface area contributed by atoms with Gasteiger partial charge in [-0.15, -0.1) is 0 Å². The number of carbonyl (C=O) groups excluding carboxylic acids is 1. The molecule has 208 valence electrons. The highest BCUT2D eigenvalue weighted by Crippen LogP contribution is 2.52. The molecule has 2 N–H and O–H groups in total. The predicted octanol–water partition coefficient (Wildman–Crippen LogP) is 3.51. The van der Waals surface area contributed by atoms with Gasteiger partial charge < -0.3 is 14.9 Å². The number of hydrogen-bond acceptors (Lipinski definition) is 6. The second kappa shape index (κ2) is 8.58. The fraction of sp³-hybridized carbons (Fsp3) is 0.265. The molecule has 0 amide bonds. The molecule has 1 saturated carbocycles. The third-order valence-corrected chi connectivity index (χ3v) is 9.02. The number of ketones is 1. The standard InChI is InChI=1S/C34H31N7O/c1-21-18-35-13-11-28(21)41-19-30(36-20-41)33-12-10-26(39-33)15-25-7-6-23(37-25)14-24-8-9-27(38-24)16-34(22-4-5-22)31(42)32(2,3)29(17-33)40-34/h6-20,22,37,40H,4-5H2,1-3H3. The lowest BCUT2D eigenvalue weighted by atomic mass is 9.77. The quantitative estimate of drug-likeness (QED) is 0.519. The number of nitrogens with zero attached hydrogens (tertiary/aromatic N) is 5. The monoisotopic (exact) mass is 553 g/mol. The van der Waals surface area contributed by atoms with Crippen LogP contribution in [0, 0.1) is 18.3 Å². The van der Waals surface area contributed by atoms with Crippen LogP contribution in [0.3, 0.4) is 0 Å². The van der Waals surface area contributed by atoms with Crippen LogP contribution in [-0.2, 0) is 10.3 Å². The summed E-state index contributed by atoms with van der Waals surface area (Å²) >= 11 is 0. The summed E-state index contributed by atoms with van der Waals surface area (Å²) in [5.74, 6) is 0.390. The minimum absolute atomic E-state index is 0.168. The molecular formula is C34H31N7O. The second-order valence-electron chi connectivity index (χ2n) is 12.4. The Kier molecular flexibility index (Phi) is 5.09. The number of H-pyrrole nitrogens is 1. The Morgan fingerprint density at radius 3 is 2.60 bits per heavy atom. The van der Waals surface area contributed by atoms with E-state index in [0.717, 1.165) is 63.3 Å². The van der Waals surface area contributed by atoms with Crippen LogP contribution in [0.2, 0.25) is 0 Å². The lowest BCUT2D eigenvalue weighted by Gasteiger charge is -2.26. The van der Waals surface area contributed by atoms with Crippen molar-refractivity contribution in [3.63, 3.8) is 0 Å². The fourth-order valence-electron chi connectivity index (χ4n) is 6.56. The predicted molar refractivity (Wildman–Crippen MR) is 163 cm³/mol. The summed E-state index contributed by atoms with van der Waals surface area (Å²) in [6, 6.07) is 6.06. The van der Waals surface area contributed by atoms with Crippen LogP contribution in [0.15, 0.2) is 101 Å². The lowest BCUT2D eigenvalue weighted by Crippen LogP contribution is -2.47. The van der Waals surface area contributed by atoms with E-state index < -0.39 is 16.5 Å². The molecule has 8 heteroatoms. The third-order valence-electron chi connectivity index (χ3n) is 9.02. The van der Waals surface area contributed by atoms with E-state index in [1.54, 1.807) is 6.20 Å². The van der Waals surface area contributed by atoms with Gasteiger partial charge in [0.1, 0.15) is 11.1 Å². The van der Waals surface area contributed by atoms with Crippen molar-refractivity contribution in [1.82, 2.24) is 24.8 Å². The molecule has 42 heavy (non-hydrogen) atoms. The van der Waals surface area contributed by atoms with Gasteiger partial charge in [-0.05, 0) is 112 Å². The van der Waals surface area contributed by atoms with Crippen molar-refractivity contribution in [3.8, 4) is 5.69 Å². The van der Waals surface area contributed by atoms with Gasteiger partial charge >= 0.3 is 0 Å². The maximum atomic E-state index is 14.4. The Bertz CT molecular complexity index is 1990. The smallest absolute Gasteiger partial charge is 0.173 e. The highest BCUT2D eigenvalue weighted by atomic mass is 16.1. The number of hydrogen-bond donors (Lipinski definition) is 2. The molecule has 8 nitrogen and oxygen atoms in total. The molecule has 1 saturated heterocycles. The molecule has 1 aliphatic carbocycles. The number of imidazole rings is 1. The minimum atomic E-state index is -0.901. The van der Waals surface area contributed by atoms with E-state index in [1.165, 1.54) is 0 Å². The van der Waals surface area contributed by atoms with E-state index in [9.17, 15) is 4.79 Å². The molecule has 8 rings (SSSR count). The summed E-state index contributed by atoms with van der Waals surface area (Å²) in [5.41, 5.74) is 3.68. The summed E-state index contributed by atoms with van der Waals surface area (Å²) in [6.07, 6.45) is 25.8. The van der Waals surface area contributed by atoms with E-state index in [-0.39, 0.29) is 11.7 Å². The average Bonchev–Trinajstić information content (AvgIpc) is 3.33. The average molecular weight is 554 g/mol. The number of aliphatic imine (C=N–C) groups is 2. The van der Waals surface area contributed by atoms with Crippen LogP contribution in [0.25, 0.3) is 17.8 Å². The van der Waals surface area contributed by atoms with E-state index in [4.69, 9.17) is 15.0 Å². The number of aryl methyl sites for hydroxylation is 1. The molecule has 2 atom stereocenters. The molecule has 7 heterocycles. The van der Waals surface area contributed by atoms with Gasteiger partial charge in [0.2, 0.25) is 0 Å². The maximum absolute atomic E-state index is 14.4. The molecular weight excluding hydrogens is 522 g/mol. The number of rotatable bonds is 3. The normalized spacial score (nSPS) is 27.1. The summed E-state index contributed by atoms with van der Waals surface area (Å²) in [4.78, 5) is 37.1. The van der Waals surface area contributed by atoms with E-state index in [2.05, 4.69) is 33.5 Å². The van der Waals surface area contributed by atoms with E-state index >= 15 is 0 Å². The molecule has 8 bridgehead atoms. The summed E-state index contributed by atoms with van der Waals surface area (Å²) in [5, 5.41) is 5.65. The van der Waals surface area contributed by atoms with Crippen molar-refractivity contribution in [1.29, 1.82) is 0 Å². The first kappa shape index (κ1) is 24.9. The molecule has 5 aliphatic rings. The molecule has 0 aromatic carbocycles. The highest BCUT2D eigenvalue weighted by Gasteiger charge is 2.60. The van der Waals surface area contributed by atoms with E-state index in [1.807, 2.05) is 92.6 Å². The first-order valence-corrected chi connectivity index (χ1v) is 14.4. The van der Waals surface area contributed by atoms with Gasteiger partial charge in [0.15, 0.2) is 5.78 Å². The highest BCUT2D eigenvalue weighted by molar-refractivity contribution is 6.20. The van der Waals surface area contributed by atoms with Gasteiger partial charge in [0, 0.05) is 35.0 Å². The van der Waals surface area contributed by atoms with Crippen LogP contribution in [-0.4, -0.2) is 42.3 Å². The van der Waals surface area contributed by atoms with Crippen molar-refractivity contribution in [2.75, 3.05) is 0 Å². The number of carbonyl (C=O) groups is 1. The molecule has 0 spiro atoms. The van der Waals surface area contributed by atoms with Crippen LogP contribution in [0.4, 0.5) is 0 Å². The van der Waals surface area contributed by atoms with Crippen molar-refractivity contribution in [2.45, 2.75) is 44.7 Å². The minimum Gasteiger partial charge on any atom is -0.372 e. The molecule has 3 aromatic heterocycles. The number of aromatic amines is 1. The Morgan fingerprint density at radius 1 is 1.00 bits per heavy atom. The van der Waals surface area contributed by atoms with E-state index in [0.29, 0.717) is 0 Å². The lowest BCUT2D eigenvalue weighted by molar-refractivity contribution is -0.127. The van der Waals surface area contributed by atoms with Gasteiger partial charge in [-0.3, -0.25) is 14.8 Å². The Labute approximate surface area is 243 Å². The van der Waals surface area contributed by atoms with Crippen LogP contribution < -0.4 is 16.0 Å². The SMILES string of the molecule is Cc1cnccc1-n1cnc(C23C=CC(=N2)C=c2ccc([nH]2)=CC2=NC(=CC4(C5CC5)NC(=C3)C(C)(C)C4=O)C=C2)c1. The van der Waals surface area contributed by atoms with Crippen LogP contribution in [0.5, 0.6) is 0 Å². The number of Topliss-reactive ketones (excluding diaryl/α,β-unsaturated/α-hetero) is 1. The largest absolute Gasteiger partial charge is 0.372 e. The zero-order chi connectivity index (χ0) is 28.7. The molecule has 3 aromatic rings. The summed E-state index contributed by atoms with van der Waals surface area (Å²) < 4.78 is 2.01. The van der Waals surface area contributed by atoms with Crippen LogP contribution >= 0.6 is 0 Å². The summed E-state index contributed by atoms with van der Waals surface area (Å²) in [6.45, 7) is 6.06. The van der Waals surface area contributed by atoms with Gasteiger partial charge in [0.05, 0.1) is 40.2 Å². The third kappa shape index (κ3) is 3.78. The number of nitrogens with one attached hydrogen (secondary N) is 2. The molecule has 2 unspecified atom stereocenters. The molecule has 2 fully saturated rings. The Hall–Kier alpha value is -4.85. The van der Waals surface area contributed by atoms with Gasteiger partial charge in [-0.25, -0.2) is 9.98 Å². The van der Waals surface area contributed by atoms with Gasteiger partial charge in [-0.1, -0.05) is 0 Å². The summed E-state index contributed by atoms with van der Waals surface area (Å²) in [7, 11) is 0. The number of pyridine rings is 1. The number of fused-ring (bicyclic) bond motifs is 6. The number of allylic oxidation sites excluding steroid dienone is 4. The zero-order valence-corrected chi connectivity index (χ0v) is 23.8. The second-order valence-corrected chi connectivity index (χ2v) is 12.4. The van der Waals surface area contributed by atoms with Crippen molar-refractivity contribution < 1.29 is 4.79 Å².